The van der Waals surface area contributed by atoms with Crippen molar-refractivity contribution in [2.45, 2.75) is 25.7 Å². The maximum Gasteiger partial charge on any atom is 0.317 e. The van der Waals surface area contributed by atoms with Crippen LogP contribution < -0.4 is 0 Å². The van der Waals surface area contributed by atoms with Gasteiger partial charge in [0.05, 0.1) is 0 Å². The molecule has 0 radical (unpaired) electrons. The molecular formula is C10H12Cl2O2S. The van der Waals surface area contributed by atoms with Crippen molar-refractivity contribution in [2.24, 2.45) is 0 Å². The predicted molar refractivity (Wildman–Crippen MR) is 63.8 cm³/mol. The number of halogens is 2. The van der Waals surface area contributed by atoms with Gasteiger partial charge in [-0.3, -0.25) is 0 Å². The number of aryl methyl sites for hydroxylation is 1. The molecule has 0 amide bonds. The van der Waals surface area contributed by atoms with E-state index in [-0.39, 0.29) is 0 Å². The van der Waals surface area contributed by atoms with Crippen LogP contribution in [-0.4, -0.2) is 8.42 Å². The lowest BCUT2D eigenvalue weighted by molar-refractivity contribution is 0.621. The highest BCUT2D eigenvalue weighted by molar-refractivity contribution is 8.31. The summed E-state index contributed by atoms with van der Waals surface area (Å²) >= 11 is 0. The maximum atomic E-state index is 9.16. The zero-order chi connectivity index (χ0) is 11.5. The average Bonchev–Trinajstić information content (AvgIpc) is 2.85. The van der Waals surface area contributed by atoms with Crippen LogP contribution in [0.25, 0.3) is 0 Å². The fourth-order valence-electron chi connectivity index (χ4n) is 1.26. The maximum absolute atomic E-state index is 9.16. The first-order valence-electron chi connectivity index (χ1n) is 4.57. The molecule has 15 heavy (non-hydrogen) atoms. The Bertz CT molecular complexity index is 400. The largest absolute Gasteiger partial charge is 0.317 e. The van der Waals surface area contributed by atoms with Gasteiger partial charge in [-0.2, -0.15) is 8.42 Å². The Labute approximate surface area is 99.1 Å². The lowest BCUT2D eigenvalue weighted by Crippen LogP contribution is -1.77. The summed E-state index contributed by atoms with van der Waals surface area (Å²) in [6.45, 7) is 2.14. The zero-order valence-electron chi connectivity index (χ0n) is 8.28. The number of hydrogen-bond acceptors (Lipinski definition) is 2. The summed E-state index contributed by atoms with van der Waals surface area (Å²) in [4.78, 5) is 0. The Morgan fingerprint density at radius 1 is 1.13 bits per heavy atom. The van der Waals surface area contributed by atoms with Gasteiger partial charge in [-0.05, 0) is 31.2 Å². The van der Waals surface area contributed by atoms with E-state index < -0.39 is 8.26 Å². The van der Waals surface area contributed by atoms with Crippen LogP contribution in [0.2, 0.25) is 0 Å². The van der Waals surface area contributed by atoms with Gasteiger partial charge >= 0.3 is 8.26 Å². The van der Waals surface area contributed by atoms with Crippen molar-refractivity contribution in [3.63, 3.8) is 0 Å². The quantitative estimate of drug-likeness (QED) is 0.729. The van der Waals surface area contributed by atoms with E-state index in [0.717, 1.165) is 5.92 Å². The highest BCUT2D eigenvalue weighted by atomic mass is 36.0. The molecule has 0 bridgehead atoms. The fraction of sp³-hybridized carbons (Fsp3) is 0.400. The molecule has 84 valence electrons. The lowest BCUT2D eigenvalue weighted by atomic mass is 10.1. The van der Waals surface area contributed by atoms with Crippen molar-refractivity contribution in [1.29, 1.82) is 0 Å². The molecule has 0 unspecified atom stereocenters. The van der Waals surface area contributed by atoms with Crippen molar-refractivity contribution in [1.82, 2.24) is 0 Å². The standard InChI is InChI=1S/C10H12.Cl2O2S/c1-8-2-4-9(5-3-8)10-6-7-10;1-5(2,3)4/h2-5,10H,6-7H2,1H3;. The van der Waals surface area contributed by atoms with Crippen LogP contribution in [0, 0.1) is 6.92 Å². The summed E-state index contributed by atoms with van der Waals surface area (Å²) in [5.74, 6) is 0.903. The van der Waals surface area contributed by atoms with Gasteiger partial charge < -0.3 is 0 Å². The highest BCUT2D eigenvalue weighted by Crippen LogP contribution is 2.39. The zero-order valence-corrected chi connectivity index (χ0v) is 10.6. The summed E-state index contributed by atoms with van der Waals surface area (Å²) < 4.78 is 18.3. The van der Waals surface area contributed by atoms with E-state index >= 15 is 0 Å². The molecule has 2 nitrogen and oxygen atoms in total. The van der Waals surface area contributed by atoms with Crippen molar-refractivity contribution in [3.05, 3.63) is 35.4 Å². The molecule has 0 spiro atoms. The second-order valence-electron chi connectivity index (χ2n) is 3.56. The molecule has 1 saturated carbocycles. The second-order valence-corrected chi connectivity index (χ2v) is 7.23. The minimum absolute atomic E-state index is 0.903. The topological polar surface area (TPSA) is 34.1 Å². The smallest absolute Gasteiger partial charge is 0.195 e. The summed E-state index contributed by atoms with van der Waals surface area (Å²) in [7, 11) is 4.81. The fourth-order valence-corrected chi connectivity index (χ4v) is 1.26. The third-order valence-electron chi connectivity index (χ3n) is 2.13. The molecule has 1 aliphatic rings. The van der Waals surface area contributed by atoms with Crippen LogP contribution in [0.4, 0.5) is 0 Å². The highest BCUT2D eigenvalue weighted by Gasteiger charge is 2.22. The van der Waals surface area contributed by atoms with Gasteiger partial charge in [-0.1, -0.05) is 29.8 Å². The van der Waals surface area contributed by atoms with E-state index in [1.807, 2.05) is 0 Å². The van der Waals surface area contributed by atoms with Gasteiger partial charge in [-0.15, -0.1) is 0 Å². The van der Waals surface area contributed by atoms with Crippen LogP contribution in [0.1, 0.15) is 29.9 Å². The molecule has 1 aromatic carbocycles. The van der Waals surface area contributed by atoms with E-state index in [0.29, 0.717) is 0 Å². The van der Waals surface area contributed by atoms with Gasteiger partial charge in [0.1, 0.15) is 0 Å². The molecule has 0 aliphatic heterocycles. The van der Waals surface area contributed by atoms with Crippen molar-refractivity contribution in [2.75, 3.05) is 0 Å². The molecule has 0 saturated heterocycles. The Hall–Kier alpha value is -0.250. The summed E-state index contributed by atoms with van der Waals surface area (Å²) in [6, 6.07) is 8.92. The van der Waals surface area contributed by atoms with Crippen LogP contribution in [-0.2, 0) is 8.26 Å². The van der Waals surface area contributed by atoms with E-state index in [4.69, 9.17) is 8.42 Å². The van der Waals surface area contributed by atoms with Crippen LogP contribution in [0.3, 0.4) is 0 Å². The van der Waals surface area contributed by atoms with Crippen molar-refractivity contribution < 1.29 is 8.42 Å². The summed E-state index contributed by atoms with van der Waals surface area (Å²) in [6.07, 6.45) is 2.81. The molecular weight excluding hydrogens is 255 g/mol. The Morgan fingerprint density at radius 2 is 1.53 bits per heavy atom. The third-order valence-corrected chi connectivity index (χ3v) is 2.13. The first-order valence-corrected chi connectivity index (χ1v) is 7.70. The van der Waals surface area contributed by atoms with Gasteiger partial charge in [0.15, 0.2) is 0 Å². The minimum Gasteiger partial charge on any atom is -0.195 e. The van der Waals surface area contributed by atoms with Gasteiger partial charge in [0, 0.05) is 21.4 Å². The van der Waals surface area contributed by atoms with Crippen LogP contribution in [0.5, 0.6) is 0 Å². The number of hydrogen-bond donors (Lipinski definition) is 0. The van der Waals surface area contributed by atoms with E-state index in [9.17, 15) is 0 Å². The van der Waals surface area contributed by atoms with Crippen LogP contribution in [0.15, 0.2) is 24.3 Å². The number of rotatable bonds is 1. The van der Waals surface area contributed by atoms with Gasteiger partial charge in [0.25, 0.3) is 0 Å². The molecule has 0 aromatic heterocycles. The van der Waals surface area contributed by atoms with Gasteiger partial charge in [0.2, 0.25) is 0 Å². The van der Waals surface area contributed by atoms with E-state index in [2.05, 4.69) is 52.6 Å². The molecule has 5 heteroatoms. The SMILES string of the molecule is Cc1ccc(C2CC2)cc1.O=S(=O)(Cl)Cl. The molecule has 1 aliphatic carbocycles. The molecule has 0 atom stereocenters. The predicted octanol–water partition coefficient (Wildman–Crippen LogP) is 3.58. The average molecular weight is 267 g/mol. The van der Waals surface area contributed by atoms with Crippen LogP contribution >= 0.6 is 21.4 Å². The third kappa shape index (κ3) is 6.77. The molecule has 1 fully saturated rings. The monoisotopic (exact) mass is 266 g/mol. The first kappa shape index (κ1) is 12.8. The van der Waals surface area contributed by atoms with Gasteiger partial charge in [-0.25, -0.2) is 0 Å². The van der Waals surface area contributed by atoms with Crippen molar-refractivity contribution in [3.8, 4) is 0 Å². The molecule has 0 N–H and O–H groups in total. The number of benzene rings is 1. The Balaban J connectivity index is 0.000000195. The van der Waals surface area contributed by atoms with Crippen molar-refractivity contribution >= 4 is 29.6 Å². The van der Waals surface area contributed by atoms with E-state index in [1.54, 1.807) is 0 Å². The summed E-state index contributed by atoms with van der Waals surface area (Å²) in [5, 5.41) is 0. The summed E-state index contributed by atoms with van der Waals surface area (Å²) in [5.41, 5.74) is 2.90. The minimum atomic E-state index is -3.72. The lowest BCUT2D eigenvalue weighted by Gasteiger charge is -1.96. The van der Waals surface area contributed by atoms with E-state index in [1.165, 1.54) is 24.0 Å². The molecule has 2 rings (SSSR count). The Kier molecular flexibility index (Phi) is 4.44. The molecule has 1 aromatic rings. The second kappa shape index (κ2) is 5.19. The normalized spacial score (nSPS) is 15.4. The Morgan fingerprint density at radius 3 is 1.87 bits per heavy atom. The first-order chi connectivity index (χ1) is 6.86. The molecule has 0 heterocycles.